The van der Waals surface area contributed by atoms with E-state index < -0.39 is 0 Å². The molecule has 1 atom stereocenters. The van der Waals surface area contributed by atoms with Gasteiger partial charge in [-0.2, -0.15) is 0 Å². The first-order valence-corrected chi connectivity index (χ1v) is 7.75. The Hall–Kier alpha value is -0.670. The molecule has 2 aromatic rings. The first-order chi connectivity index (χ1) is 9.20. The molecule has 2 aromatic carbocycles. The molecule has 0 aliphatic rings. The van der Waals surface area contributed by atoms with Crippen LogP contribution in [0.5, 0.6) is 0 Å². The minimum atomic E-state index is 0.276. The maximum atomic E-state index is 6.16. The Balaban J connectivity index is 2.04. The first kappa shape index (κ1) is 14.7. The van der Waals surface area contributed by atoms with Gasteiger partial charge in [-0.1, -0.05) is 47.5 Å². The van der Waals surface area contributed by atoms with Gasteiger partial charge >= 0.3 is 0 Å². The second-order valence-corrected chi connectivity index (χ2v) is 6.04. The molecule has 0 bridgehead atoms. The van der Waals surface area contributed by atoms with Crippen LogP contribution in [0.1, 0.15) is 11.6 Å². The zero-order valence-electron chi connectivity index (χ0n) is 10.6. The van der Waals surface area contributed by atoms with E-state index in [2.05, 4.69) is 17.4 Å². The van der Waals surface area contributed by atoms with Crippen molar-refractivity contribution in [1.29, 1.82) is 0 Å². The molecular weight excluding hydrogens is 297 g/mol. The molecular formula is C15H15Cl2NS. The van der Waals surface area contributed by atoms with Gasteiger partial charge in [0.05, 0.1) is 5.02 Å². The van der Waals surface area contributed by atoms with Crippen molar-refractivity contribution in [2.75, 3.05) is 12.8 Å². The van der Waals surface area contributed by atoms with Crippen molar-refractivity contribution in [1.82, 2.24) is 5.32 Å². The number of benzene rings is 2. The standard InChI is InChI=1S/C15H15Cl2NS/c1-18-14(11-6-8-12(16)9-7-11)10-19-15-5-3-2-4-13(15)17/h2-9,14,18H,10H2,1H3. The third kappa shape index (κ3) is 4.15. The molecule has 0 radical (unpaired) electrons. The van der Waals surface area contributed by atoms with Crippen LogP contribution in [0.4, 0.5) is 0 Å². The smallest absolute Gasteiger partial charge is 0.0541 e. The van der Waals surface area contributed by atoms with Crippen molar-refractivity contribution in [3.63, 3.8) is 0 Å². The minimum Gasteiger partial charge on any atom is -0.312 e. The summed E-state index contributed by atoms with van der Waals surface area (Å²) >= 11 is 13.8. The van der Waals surface area contributed by atoms with Crippen molar-refractivity contribution < 1.29 is 0 Å². The lowest BCUT2D eigenvalue weighted by atomic mass is 10.1. The zero-order chi connectivity index (χ0) is 13.7. The molecule has 1 unspecified atom stereocenters. The van der Waals surface area contributed by atoms with Crippen LogP contribution in [0, 0.1) is 0 Å². The molecule has 0 saturated heterocycles. The van der Waals surface area contributed by atoms with Crippen molar-refractivity contribution in [2.45, 2.75) is 10.9 Å². The molecule has 4 heteroatoms. The highest BCUT2D eigenvalue weighted by atomic mass is 35.5. The molecule has 1 N–H and O–H groups in total. The summed E-state index contributed by atoms with van der Waals surface area (Å²) in [5.74, 6) is 0.919. The number of hydrogen-bond acceptors (Lipinski definition) is 2. The minimum absolute atomic E-state index is 0.276. The normalized spacial score (nSPS) is 12.4. The van der Waals surface area contributed by atoms with E-state index in [1.807, 2.05) is 43.4 Å². The lowest BCUT2D eigenvalue weighted by molar-refractivity contribution is 0.662. The van der Waals surface area contributed by atoms with Crippen LogP contribution >= 0.6 is 35.0 Å². The highest BCUT2D eigenvalue weighted by Crippen LogP contribution is 2.30. The van der Waals surface area contributed by atoms with Crippen molar-refractivity contribution in [3.8, 4) is 0 Å². The average molecular weight is 312 g/mol. The molecule has 0 spiro atoms. The fourth-order valence-electron chi connectivity index (χ4n) is 1.78. The second-order valence-electron chi connectivity index (χ2n) is 4.13. The topological polar surface area (TPSA) is 12.0 Å². The molecule has 0 aliphatic carbocycles. The van der Waals surface area contributed by atoms with Crippen LogP contribution in [0.2, 0.25) is 10.0 Å². The molecule has 0 amide bonds. The lowest BCUT2D eigenvalue weighted by Gasteiger charge is -2.16. The predicted octanol–water partition coefficient (Wildman–Crippen LogP) is 5.05. The lowest BCUT2D eigenvalue weighted by Crippen LogP contribution is -2.18. The molecule has 0 fully saturated rings. The summed E-state index contributed by atoms with van der Waals surface area (Å²) in [6, 6.07) is 16.1. The SMILES string of the molecule is CNC(CSc1ccccc1Cl)c1ccc(Cl)cc1. The van der Waals surface area contributed by atoms with Gasteiger partial charge in [0.1, 0.15) is 0 Å². The number of rotatable bonds is 5. The maximum Gasteiger partial charge on any atom is 0.0541 e. The van der Waals surface area contributed by atoms with Crippen LogP contribution in [0.15, 0.2) is 53.4 Å². The Morgan fingerprint density at radius 1 is 1.05 bits per heavy atom. The highest BCUT2D eigenvalue weighted by Gasteiger charge is 2.10. The van der Waals surface area contributed by atoms with Crippen molar-refractivity contribution >= 4 is 35.0 Å². The fraction of sp³-hybridized carbons (Fsp3) is 0.200. The third-order valence-electron chi connectivity index (χ3n) is 2.86. The Bertz CT molecular complexity index is 528. The van der Waals surface area contributed by atoms with Crippen LogP contribution in [-0.4, -0.2) is 12.8 Å². The van der Waals surface area contributed by atoms with E-state index in [1.54, 1.807) is 11.8 Å². The molecule has 1 nitrogen and oxygen atoms in total. The molecule has 0 aliphatic heterocycles. The van der Waals surface area contributed by atoms with Gasteiger partial charge in [0.15, 0.2) is 0 Å². The third-order valence-corrected chi connectivity index (χ3v) is 4.72. The molecule has 100 valence electrons. The van der Waals surface area contributed by atoms with Gasteiger partial charge in [0, 0.05) is 21.7 Å². The molecule has 0 aromatic heterocycles. The number of hydrogen-bond donors (Lipinski definition) is 1. The summed E-state index contributed by atoms with van der Waals surface area (Å²) in [6.45, 7) is 0. The Kier molecular flexibility index (Phi) is 5.59. The molecule has 0 heterocycles. The Labute approximate surface area is 128 Å². The van der Waals surface area contributed by atoms with Gasteiger partial charge in [-0.15, -0.1) is 11.8 Å². The van der Waals surface area contributed by atoms with E-state index in [0.29, 0.717) is 0 Å². The van der Waals surface area contributed by atoms with E-state index in [-0.39, 0.29) is 6.04 Å². The van der Waals surface area contributed by atoms with Gasteiger partial charge in [-0.3, -0.25) is 0 Å². The average Bonchev–Trinajstić information content (AvgIpc) is 2.43. The summed E-state index contributed by atoms with van der Waals surface area (Å²) in [7, 11) is 1.96. The van der Waals surface area contributed by atoms with Gasteiger partial charge < -0.3 is 5.32 Å². The number of nitrogens with one attached hydrogen (secondary N) is 1. The van der Waals surface area contributed by atoms with Crippen LogP contribution in [0.3, 0.4) is 0 Å². The highest BCUT2D eigenvalue weighted by molar-refractivity contribution is 7.99. The predicted molar refractivity (Wildman–Crippen MR) is 85.4 cm³/mol. The van der Waals surface area contributed by atoms with Gasteiger partial charge in [-0.25, -0.2) is 0 Å². The zero-order valence-corrected chi connectivity index (χ0v) is 12.9. The quantitative estimate of drug-likeness (QED) is 0.776. The van der Waals surface area contributed by atoms with Crippen molar-refractivity contribution in [3.05, 3.63) is 64.1 Å². The summed E-state index contributed by atoms with van der Waals surface area (Å²) < 4.78 is 0. The first-order valence-electron chi connectivity index (χ1n) is 6.01. The van der Waals surface area contributed by atoms with Gasteiger partial charge in [-0.05, 0) is 36.9 Å². The second kappa shape index (κ2) is 7.20. The van der Waals surface area contributed by atoms with Crippen molar-refractivity contribution in [2.24, 2.45) is 0 Å². The summed E-state index contributed by atoms with van der Waals surface area (Å²) in [4.78, 5) is 1.11. The molecule has 19 heavy (non-hydrogen) atoms. The van der Waals surface area contributed by atoms with Crippen LogP contribution in [0.25, 0.3) is 0 Å². The van der Waals surface area contributed by atoms with Gasteiger partial charge in [0.2, 0.25) is 0 Å². The number of halogens is 2. The van der Waals surface area contributed by atoms with E-state index in [4.69, 9.17) is 23.2 Å². The largest absolute Gasteiger partial charge is 0.312 e. The van der Waals surface area contributed by atoms with Crippen LogP contribution in [-0.2, 0) is 0 Å². The fourth-order valence-corrected chi connectivity index (χ4v) is 3.29. The maximum absolute atomic E-state index is 6.16. The van der Waals surface area contributed by atoms with Gasteiger partial charge in [0.25, 0.3) is 0 Å². The van der Waals surface area contributed by atoms with Crippen LogP contribution < -0.4 is 5.32 Å². The van der Waals surface area contributed by atoms with E-state index in [9.17, 15) is 0 Å². The van der Waals surface area contributed by atoms with E-state index in [0.717, 1.165) is 20.7 Å². The Morgan fingerprint density at radius 2 is 1.74 bits per heavy atom. The molecule has 2 rings (SSSR count). The van der Waals surface area contributed by atoms with E-state index >= 15 is 0 Å². The Morgan fingerprint density at radius 3 is 2.37 bits per heavy atom. The monoisotopic (exact) mass is 311 g/mol. The van der Waals surface area contributed by atoms with E-state index in [1.165, 1.54) is 5.56 Å². The summed E-state index contributed by atoms with van der Waals surface area (Å²) in [5.41, 5.74) is 1.23. The molecule has 0 saturated carbocycles. The summed E-state index contributed by atoms with van der Waals surface area (Å²) in [5, 5.41) is 4.89. The summed E-state index contributed by atoms with van der Waals surface area (Å²) in [6.07, 6.45) is 0. The number of thioether (sulfide) groups is 1.